The SMILES string of the molecule is CCOc1cc(C=Nn2c(-c3cc4ccccc4o3)nc3ccccc3c2=O)cc(I)c1OCC(=O)Nc1ccccc1. The fourth-order valence-electron chi connectivity index (χ4n) is 4.53. The number of hydrogen-bond donors (Lipinski definition) is 1. The van der Waals surface area contributed by atoms with Crippen molar-refractivity contribution in [3.8, 4) is 23.1 Å². The van der Waals surface area contributed by atoms with Gasteiger partial charge < -0.3 is 19.2 Å². The number of carbonyl (C=O) groups is 1. The molecule has 6 aromatic rings. The molecule has 0 radical (unpaired) electrons. The lowest BCUT2D eigenvalue weighted by Crippen LogP contribution is -2.21. The molecule has 214 valence electrons. The van der Waals surface area contributed by atoms with E-state index in [1.54, 1.807) is 42.6 Å². The Morgan fingerprint density at radius 2 is 1.77 bits per heavy atom. The van der Waals surface area contributed by atoms with Crippen molar-refractivity contribution in [2.24, 2.45) is 5.10 Å². The molecule has 6 rings (SSSR count). The van der Waals surface area contributed by atoms with Crippen LogP contribution in [0.25, 0.3) is 33.5 Å². The van der Waals surface area contributed by atoms with Gasteiger partial charge in [0, 0.05) is 11.1 Å². The predicted octanol–water partition coefficient (Wildman–Crippen LogP) is 6.71. The van der Waals surface area contributed by atoms with Gasteiger partial charge in [0.25, 0.3) is 11.5 Å². The second-order valence-corrected chi connectivity index (χ2v) is 10.6. The summed E-state index contributed by atoms with van der Waals surface area (Å²) in [7, 11) is 0. The Labute approximate surface area is 259 Å². The lowest BCUT2D eigenvalue weighted by molar-refractivity contribution is -0.118. The second kappa shape index (κ2) is 12.5. The summed E-state index contributed by atoms with van der Waals surface area (Å²) >= 11 is 2.12. The number of nitrogens with one attached hydrogen (secondary N) is 1. The Hall–Kier alpha value is -4.97. The highest BCUT2D eigenvalue weighted by atomic mass is 127. The summed E-state index contributed by atoms with van der Waals surface area (Å²) in [6.45, 7) is 2.05. The normalized spacial score (nSPS) is 11.3. The summed E-state index contributed by atoms with van der Waals surface area (Å²) in [6, 6.07) is 29.3. The van der Waals surface area contributed by atoms with Gasteiger partial charge in [0.1, 0.15) is 5.58 Å². The molecular weight excluding hydrogens is 659 g/mol. The molecule has 0 unspecified atom stereocenters. The number of benzene rings is 4. The molecule has 0 aliphatic carbocycles. The summed E-state index contributed by atoms with van der Waals surface area (Å²) in [5, 5.41) is 8.68. The first-order valence-corrected chi connectivity index (χ1v) is 14.6. The van der Waals surface area contributed by atoms with Crippen LogP contribution in [0.3, 0.4) is 0 Å². The number of carbonyl (C=O) groups excluding carboxylic acids is 1. The minimum Gasteiger partial charge on any atom is -0.490 e. The number of amides is 1. The van der Waals surface area contributed by atoms with E-state index in [1.165, 1.54) is 4.68 Å². The lowest BCUT2D eigenvalue weighted by Gasteiger charge is -2.14. The third kappa shape index (κ3) is 6.14. The number of halogens is 1. The van der Waals surface area contributed by atoms with E-state index in [-0.39, 0.29) is 23.9 Å². The van der Waals surface area contributed by atoms with Crippen LogP contribution >= 0.6 is 22.6 Å². The standard InChI is InChI=1S/C33H25IN4O5/c1-2-41-28-17-21(16-25(34)31(28)42-20-30(39)36-23-11-4-3-5-12-23)19-35-38-32(29-18-22-10-6-9-15-27(22)43-29)37-26-14-8-7-13-24(26)33(38)40/h3-19H,2,20H2,1H3,(H,36,39). The molecule has 0 bridgehead atoms. The zero-order valence-electron chi connectivity index (χ0n) is 23.0. The molecule has 4 aromatic carbocycles. The number of para-hydroxylation sites is 3. The maximum atomic E-state index is 13.6. The topological polar surface area (TPSA) is 108 Å². The number of furan rings is 1. The number of hydrogen-bond acceptors (Lipinski definition) is 7. The minimum absolute atomic E-state index is 0.197. The second-order valence-electron chi connectivity index (χ2n) is 9.43. The van der Waals surface area contributed by atoms with E-state index in [4.69, 9.17) is 18.9 Å². The highest BCUT2D eigenvalue weighted by Crippen LogP contribution is 2.34. The van der Waals surface area contributed by atoms with Crippen molar-refractivity contribution >= 4 is 62.3 Å². The first-order chi connectivity index (χ1) is 21.0. The highest BCUT2D eigenvalue weighted by molar-refractivity contribution is 14.1. The molecule has 0 spiro atoms. The molecule has 0 saturated heterocycles. The van der Waals surface area contributed by atoms with Gasteiger partial charge in [-0.2, -0.15) is 9.78 Å². The van der Waals surface area contributed by atoms with Crippen molar-refractivity contribution in [1.29, 1.82) is 0 Å². The molecular formula is C33H25IN4O5. The minimum atomic E-state index is -0.332. The van der Waals surface area contributed by atoms with Gasteiger partial charge in [-0.3, -0.25) is 9.59 Å². The first kappa shape index (κ1) is 28.2. The summed E-state index contributed by atoms with van der Waals surface area (Å²) in [4.78, 5) is 30.8. The monoisotopic (exact) mass is 684 g/mol. The van der Waals surface area contributed by atoms with Crippen molar-refractivity contribution in [2.45, 2.75) is 6.92 Å². The highest BCUT2D eigenvalue weighted by Gasteiger charge is 2.17. The molecule has 1 N–H and O–H groups in total. The number of aromatic nitrogens is 2. The van der Waals surface area contributed by atoms with E-state index in [0.717, 1.165) is 5.39 Å². The zero-order chi connectivity index (χ0) is 29.8. The van der Waals surface area contributed by atoms with Gasteiger partial charge in [-0.25, -0.2) is 4.98 Å². The smallest absolute Gasteiger partial charge is 0.282 e. The van der Waals surface area contributed by atoms with E-state index in [1.807, 2.05) is 67.6 Å². The molecule has 2 aromatic heterocycles. The zero-order valence-corrected chi connectivity index (χ0v) is 25.1. The quantitative estimate of drug-likeness (QED) is 0.134. The van der Waals surface area contributed by atoms with Gasteiger partial charge in [-0.1, -0.05) is 48.5 Å². The van der Waals surface area contributed by atoms with Gasteiger partial charge in [-0.15, -0.1) is 0 Å². The summed E-state index contributed by atoms with van der Waals surface area (Å²) in [5.41, 5.74) is 2.23. The molecule has 43 heavy (non-hydrogen) atoms. The molecule has 0 aliphatic rings. The summed E-state index contributed by atoms with van der Waals surface area (Å²) in [5.74, 6) is 1.29. The lowest BCUT2D eigenvalue weighted by atomic mass is 10.2. The Morgan fingerprint density at radius 3 is 2.58 bits per heavy atom. The fourth-order valence-corrected chi connectivity index (χ4v) is 5.31. The third-order valence-electron chi connectivity index (χ3n) is 6.46. The third-order valence-corrected chi connectivity index (χ3v) is 7.26. The molecule has 1 amide bonds. The van der Waals surface area contributed by atoms with Gasteiger partial charge >= 0.3 is 0 Å². The molecule has 10 heteroatoms. The van der Waals surface area contributed by atoms with Crippen LogP contribution in [-0.2, 0) is 4.79 Å². The van der Waals surface area contributed by atoms with E-state index in [9.17, 15) is 9.59 Å². The van der Waals surface area contributed by atoms with E-state index in [0.29, 0.717) is 55.2 Å². The van der Waals surface area contributed by atoms with Crippen molar-refractivity contribution < 1.29 is 18.7 Å². The number of nitrogens with zero attached hydrogens (tertiary/aromatic N) is 3. The summed E-state index contributed by atoms with van der Waals surface area (Å²) in [6.07, 6.45) is 1.56. The Morgan fingerprint density at radius 1 is 1.00 bits per heavy atom. The first-order valence-electron chi connectivity index (χ1n) is 13.5. The molecule has 9 nitrogen and oxygen atoms in total. The van der Waals surface area contributed by atoms with Gasteiger partial charge in [0.2, 0.25) is 5.82 Å². The fraction of sp³-hybridized carbons (Fsp3) is 0.0909. The Balaban J connectivity index is 1.33. The van der Waals surface area contributed by atoms with E-state index < -0.39 is 0 Å². The van der Waals surface area contributed by atoms with Crippen LogP contribution < -0.4 is 20.3 Å². The van der Waals surface area contributed by atoms with Crippen LogP contribution in [0.4, 0.5) is 5.69 Å². The van der Waals surface area contributed by atoms with Crippen molar-refractivity contribution in [3.63, 3.8) is 0 Å². The summed E-state index contributed by atoms with van der Waals surface area (Å²) < 4.78 is 19.7. The van der Waals surface area contributed by atoms with Crippen LogP contribution in [0, 0.1) is 3.57 Å². The van der Waals surface area contributed by atoms with Crippen LogP contribution in [0.5, 0.6) is 11.5 Å². The molecule has 0 fully saturated rings. The van der Waals surface area contributed by atoms with Crippen molar-refractivity contribution in [2.75, 3.05) is 18.5 Å². The number of fused-ring (bicyclic) bond motifs is 2. The van der Waals surface area contributed by atoms with Crippen LogP contribution in [0.2, 0.25) is 0 Å². The Kier molecular flexibility index (Phi) is 8.18. The molecule has 2 heterocycles. The van der Waals surface area contributed by atoms with E-state index in [2.05, 4.69) is 33.0 Å². The van der Waals surface area contributed by atoms with Crippen LogP contribution in [-0.4, -0.2) is 35.0 Å². The average molecular weight is 684 g/mol. The maximum Gasteiger partial charge on any atom is 0.282 e. The number of anilines is 1. The largest absolute Gasteiger partial charge is 0.490 e. The van der Waals surface area contributed by atoms with Crippen molar-refractivity contribution in [3.05, 3.63) is 117 Å². The predicted molar refractivity (Wildman–Crippen MR) is 175 cm³/mol. The average Bonchev–Trinajstić information content (AvgIpc) is 3.45. The van der Waals surface area contributed by atoms with Crippen LogP contribution in [0.1, 0.15) is 12.5 Å². The molecule has 0 atom stereocenters. The van der Waals surface area contributed by atoms with Crippen molar-refractivity contribution in [1.82, 2.24) is 9.66 Å². The Bertz CT molecular complexity index is 2000. The maximum absolute atomic E-state index is 13.6. The molecule has 0 aliphatic heterocycles. The van der Waals surface area contributed by atoms with Crippen LogP contribution in [0.15, 0.2) is 111 Å². The van der Waals surface area contributed by atoms with Gasteiger partial charge in [-0.05, 0) is 83.6 Å². The number of ether oxygens (including phenoxy) is 2. The van der Waals surface area contributed by atoms with E-state index >= 15 is 0 Å². The van der Waals surface area contributed by atoms with Gasteiger partial charge in [0.05, 0.1) is 27.3 Å². The number of rotatable bonds is 9. The molecule has 0 saturated carbocycles. The van der Waals surface area contributed by atoms with Gasteiger partial charge in [0.15, 0.2) is 23.9 Å².